The molecule has 0 aliphatic carbocycles. The van der Waals surface area contributed by atoms with Gasteiger partial charge >= 0.3 is 0 Å². The van der Waals surface area contributed by atoms with Crippen LogP contribution in [-0.4, -0.2) is 32.0 Å². The highest BCUT2D eigenvalue weighted by Crippen LogP contribution is 2.09. The summed E-state index contributed by atoms with van der Waals surface area (Å²) in [7, 11) is 5.85. The summed E-state index contributed by atoms with van der Waals surface area (Å²) in [5, 5.41) is 6.48. The maximum atomic E-state index is 13.6. The van der Waals surface area contributed by atoms with Crippen LogP contribution in [0, 0.1) is 12.7 Å². The van der Waals surface area contributed by atoms with Crippen LogP contribution in [-0.2, 0) is 19.6 Å². The molecule has 0 saturated heterocycles. The van der Waals surface area contributed by atoms with E-state index in [-0.39, 0.29) is 5.82 Å². The van der Waals surface area contributed by atoms with Crippen molar-refractivity contribution in [2.75, 3.05) is 21.1 Å². The van der Waals surface area contributed by atoms with E-state index < -0.39 is 0 Å². The lowest BCUT2D eigenvalue weighted by atomic mass is 10.1. The summed E-state index contributed by atoms with van der Waals surface area (Å²) in [6.07, 6.45) is 0. The lowest BCUT2D eigenvalue weighted by Gasteiger charge is -2.13. The average molecular weight is 342 g/mol. The maximum absolute atomic E-state index is 13.6. The molecule has 134 valence electrons. The molecule has 5 heteroatoms. The summed E-state index contributed by atoms with van der Waals surface area (Å²) >= 11 is 0. The van der Waals surface area contributed by atoms with E-state index in [1.54, 1.807) is 26.1 Å². The molecular formula is C20H27FN4. The molecule has 25 heavy (non-hydrogen) atoms. The second-order valence-electron chi connectivity index (χ2n) is 6.42. The first-order valence-corrected chi connectivity index (χ1v) is 8.40. The summed E-state index contributed by atoms with van der Waals surface area (Å²) in [6.45, 7) is 3.91. The fourth-order valence-electron chi connectivity index (χ4n) is 2.47. The Morgan fingerprint density at radius 3 is 2.08 bits per heavy atom. The standard InChI is InChI=1S/C20H27FN4/c1-15-5-6-18(11-19(15)21)13-24-20(22-2)23-12-16-7-9-17(10-8-16)14-25(3)4/h5-11H,12-14H2,1-4H3,(H2,22,23,24). The van der Waals surface area contributed by atoms with E-state index >= 15 is 0 Å². The lowest BCUT2D eigenvalue weighted by molar-refractivity contribution is 0.402. The largest absolute Gasteiger partial charge is 0.352 e. The molecule has 2 aromatic carbocycles. The Morgan fingerprint density at radius 1 is 0.960 bits per heavy atom. The molecule has 0 fully saturated rings. The zero-order valence-corrected chi connectivity index (χ0v) is 15.4. The van der Waals surface area contributed by atoms with Crippen molar-refractivity contribution in [3.05, 3.63) is 70.5 Å². The highest BCUT2D eigenvalue weighted by atomic mass is 19.1. The Bertz CT molecular complexity index is 708. The topological polar surface area (TPSA) is 39.7 Å². The van der Waals surface area contributed by atoms with Crippen LogP contribution in [0.15, 0.2) is 47.5 Å². The highest BCUT2D eigenvalue weighted by Gasteiger charge is 2.02. The third-order valence-electron chi connectivity index (χ3n) is 3.90. The van der Waals surface area contributed by atoms with E-state index in [9.17, 15) is 4.39 Å². The molecule has 2 N–H and O–H groups in total. The van der Waals surface area contributed by atoms with Gasteiger partial charge in [-0.05, 0) is 49.3 Å². The Labute approximate surface area is 149 Å². The molecule has 0 aromatic heterocycles. The van der Waals surface area contributed by atoms with Crippen LogP contribution in [0.5, 0.6) is 0 Å². The predicted molar refractivity (Wildman–Crippen MR) is 102 cm³/mol. The average Bonchev–Trinajstić information content (AvgIpc) is 2.59. The number of guanidine groups is 1. The number of hydrogen-bond donors (Lipinski definition) is 2. The number of halogens is 1. The number of benzene rings is 2. The van der Waals surface area contributed by atoms with Crippen molar-refractivity contribution >= 4 is 5.96 Å². The number of hydrogen-bond acceptors (Lipinski definition) is 2. The van der Waals surface area contributed by atoms with E-state index in [2.05, 4.69) is 58.9 Å². The second kappa shape index (κ2) is 9.18. The molecular weight excluding hydrogens is 315 g/mol. The Morgan fingerprint density at radius 2 is 1.52 bits per heavy atom. The van der Waals surface area contributed by atoms with Crippen molar-refractivity contribution in [1.82, 2.24) is 15.5 Å². The van der Waals surface area contributed by atoms with Crippen molar-refractivity contribution in [3.63, 3.8) is 0 Å². The Kier molecular flexibility index (Phi) is 6.95. The molecule has 0 bridgehead atoms. The van der Waals surface area contributed by atoms with Gasteiger partial charge in [-0.1, -0.05) is 36.4 Å². The SMILES string of the molecule is CN=C(NCc1ccc(CN(C)C)cc1)NCc1ccc(C)c(F)c1. The number of rotatable bonds is 6. The monoisotopic (exact) mass is 342 g/mol. The smallest absolute Gasteiger partial charge is 0.191 e. The van der Waals surface area contributed by atoms with Gasteiger partial charge in [0.05, 0.1) is 0 Å². The van der Waals surface area contributed by atoms with Crippen LogP contribution >= 0.6 is 0 Å². The predicted octanol–water partition coefficient (Wildman–Crippen LogP) is 3.06. The fraction of sp³-hybridized carbons (Fsp3) is 0.350. The van der Waals surface area contributed by atoms with Gasteiger partial charge in [-0.3, -0.25) is 4.99 Å². The summed E-state index contributed by atoms with van der Waals surface area (Å²) in [4.78, 5) is 6.35. The molecule has 0 atom stereocenters. The molecule has 4 nitrogen and oxygen atoms in total. The van der Waals surface area contributed by atoms with Gasteiger partial charge in [-0.25, -0.2) is 4.39 Å². The molecule has 0 aliphatic heterocycles. The minimum atomic E-state index is -0.180. The summed E-state index contributed by atoms with van der Waals surface area (Å²) < 4.78 is 13.6. The number of nitrogens with one attached hydrogen (secondary N) is 2. The first-order chi connectivity index (χ1) is 12.0. The van der Waals surface area contributed by atoms with Crippen molar-refractivity contribution < 1.29 is 4.39 Å². The van der Waals surface area contributed by atoms with Gasteiger partial charge in [0.2, 0.25) is 0 Å². The van der Waals surface area contributed by atoms with Crippen LogP contribution in [0.1, 0.15) is 22.3 Å². The van der Waals surface area contributed by atoms with E-state index in [1.807, 2.05) is 6.07 Å². The van der Waals surface area contributed by atoms with Crippen LogP contribution in [0.4, 0.5) is 4.39 Å². The molecule has 0 heterocycles. The summed E-state index contributed by atoms with van der Waals surface area (Å²) in [5.41, 5.74) is 4.02. The van der Waals surface area contributed by atoms with E-state index in [0.717, 1.165) is 12.1 Å². The Hall–Kier alpha value is -2.40. The zero-order valence-electron chi connectivity index (χ0n) is 15.4. The molecule has 2 rings (SSSR count). The molecule has 0 saturated carbocycles. The first-order valence-electron chi connectivity index (χ1n) is 8.40. The third-order valence-corrected chi connectivity index (χ3v) is 3.90. The zero-order chi connectivity index (χ0) is 18.2. The van der Waals surface area contributed by atoms with Gasteiger partial charge in [0.1, 0.15) is 5.82 Å². The van der Waals surface area contributed by atoms with Gasteiger partial charge in [0, 0.05) is 26.7 Å². The minimum absolute atomic E-state index is 0.180. The summed E-state index contributed by atoms with van der Waals surface area (Å²) in [5.74, 6) is 0.512. The van der Waals surface area contributed by atoms with Gasteiger partial charge < -0.3 is 15.5 Å². The first kappa shape index (κ1) is 18.9. The van der Waals surface area contributed by atoms with Crippen molar-refractivity contribution in [3.8, 4) is 0 Å². The van der Waals surface area contributed by atoms with E-state index in [0.29, 0.717) is 24.6 Å². The van der Waals surface area contributed by atoms with Gasteiger partial charge in [-0.2, -0.15) is 0 Å². The number of aryl methyl sites for hydroxylation is 1. The summed E-state index contributed by atoms with van der Waals surface area (Å²) in [6, 6.07) is 13.8. The molecule has 2 aromatic rings. The van der Waals surface area contributed by atoms with Crippen LogP contribution in [0.2, 0.25) is 0 Å². The number of nitrogens with zero attached hydrogens (tertiary/aromatic N) is 2. The van der Waals surface area contributed by atoms with Crippen molar-refractivity contribution in [2.24, 2.45) is 4.99 Å². The van der Waals surface area contributed by atoms with Crippen LogP contribution in [0.3, 0.4) is 0 Å². The van der Waals surface area contributed by atoms with E-state index in [4.69, 9.17) is 0 Å². The van der Waals surface area contributed by atoms with Gasteiger partial charge in [-0.15, -0.1) is 0 Å². The van der Waals surface area contributed by atoms with Crippen LogP contribution in [0.25, 0.3) is 0 Å². The molecule has 0 spiro atoms. The van der Waals surface area contributed by atoms with Gasteiger partial charge in [0.15, 0.2) is 5.96 Å². The Balaban J connectivity index is 1.84. The lowest BCUT2D eigenvalue weighted by Crippen LogP contribution is -2.36. The van der Waals surface area contributed by atoms with E-state index in [1.165, 1.54) is 11.1 Å². The molecule has 0 unspecified atom stereocenters. The quantitative estimate of drug-likeness (QED) is 0.626. The normalized spacial score (nSPS) is 11.7. The maximum Gasteiger partial charge on any atom is 0.191 e. The second-order valence-corrected chi connectivity index (χ2v) is 6.42. The third kappa shape index (κ3) is 6.19. The van der Waals surface area contributed by atoms with Gasteiger partial charge in [0.25, 0.3) is 0 Å². The van der Waals surface area contributed by atoms with Crippen molar-refractivity contribution in [2.45, 2.75) is 26.6 Å². The van der Waals surface area contributed by atoms with Crippen molar-refractivity contribution in [1.29, 1.82) is 0 Å². The number of aliphatic imine (C=N–C) groups is 1. The minimum Gasteiger partial charge on any atom is -0.352 e. The highest BCUT2D eigenvalue weighted by molar-refractivity contribution is 5.79. The molecule has 0 aliphatic rings. The van der Waals surface area contributed by atoms with Crippen LogP contribution < -0.4 is 10.6 Å². The molecule has 0 amide bonds. The molecule has 0 radical (unpaired) electrons. The fourth-order valence-corrected chi connectivity index (χ4v) is 2.47.